The van der Waals surface area contributed by atoms with Crippen molar-refractivity contribution in [1.29, 1.82) is 0 Å². The number of amides is 2. The van der Waals surface area contributed by atoms with Crippen molar-refractivity contribution in [2.45, 2.75) is 69.7 Å². The van der Waals surface area contributed by atoms with Gasteiger partial charge in [0.15, 0.2) is 0 Å². The molecule has 5 nitrogen and oxygen atoms in total. The molecular weight excluding hydrogens is 310 g/mol. The first-order valence-electron chi connectivity index (χ1n) is 8.85. The van der Waals surface area contributed by atoms with Crippen LogP contribution < -0.4 is 10.6 Å². The smallest absolute Gasteiger partial charge is 0.315 e. The molecule has 1 aromatic heterocycles. The number of aliphatic hydroxyl groups excluding tert-OH is 1. The Morgan fingerprint density at radius 3 is 2.78 bits per heavy atom. The van der Waals surface area contributed by atoms with Crippen molar-refractivity contribution in [3.05, 3.63) is 15.6 Å². The second-order valence-corrected chi connectivity index (χ2v) is 7.94. The summed E-state index contributed by atoms with van der Waals surface area (Å²) in [7, 11) is 0. The van der Waals surface area contributed by atoms with E-state index >= 15 is 0 Å². The zero-order valence-electron chi connectivity index (χ0n) is 13.7. The van der Waals surface area contributed by atoms with Gasteiger partial charge in [0.2, 0.25) is 0 Å². The van der Waals surface area contributed by atoms with Crippen LogP contribution in [0.2, 0.25) is 0 Å². The molecule has 0 aliphatic heterocycles. The van der Waals surface area contributed by atoms with Crippen LogP contribution in [0.3, 0.4) is 0 Å². The third-order valence-electron chi connectivity index (χ3n) is 5.02. The molecule has 0 atom stereocenters. The van der Waals surface area contributed by atoms with Crippen LogP contribution in [-0.2, 0) is 19.3 Å². The van der Waals surface area contributed by atoms with E-state index in [0.717, 1.165) is 38.5 Å². The number of hydrogen-bond donors (Lipinski definition) is 3. The third-order valence-corrected chi connectivity index (χ3v) is 6.24. The second kappa shape index (κ2) is 7.62. The molecule has 0 radical (unpaired) electrons. The Morgan fingerprint density at radius 1 is 1.26 bits per heavy atom. The van der Waals surface area contributed by atoms with Crippen LogP contribution >= 0.6 is 11.3 Å². The second-order valence-electron chi connectivity index (χ2n) is 6.78. The van der Waals surface area contributed by atoms with Crippen molar-refractivity contribution < 1.29 is 9.90 Å². The predicted molar refractivity (Wildman–Crippen MR) is 91.9 cm³/mol. The fourth-order valence-electron chi connectivity index (χ4n) is 3.49. The zero-order valence-corrected chi connectivity index (χ0v) is 14.5. The molecule has 0 bridgehead atoms. The number of carbonyl (C=O) groups is 1. The zero-order chi connectivity index (χ0) is 16.1. The van der Waals surface area contributed by atoms with Crippen molar-refractivity contribution in [1.82, 2.24) is 15.6 Å². The summed E-state index contributed by atoms with van der Waals surface area (Å²) < 4.78 is 0. The lowest BCUT2D eigenvalue weighted by Crippen LogP contribution is -2.56. The lowest BCUT2D eigenvalue weighted by Gasteiger charge is -2.42. The summed E-state index contributed by atoms with van der Waals surface area (Å²) in [5.41, 5.74) is 1.16. The normalized spacial score (nSPS) is 18.8. The number of nitrogens with one attached hydrogen (secondary N) is 2. The number of thiazole rings is 1. The Kier molecular flexibility index (Phi) is 5.54. The molecule has 3 N–H and O–H groups in total. The van der Waals surface area contributed by atoms with E-state index in [1.54, 1.807) is 0 Å². The minimum Gasteiger partial charge on any atom is -0.396 e. The molecule has 23 heavy (non-hydrogen) atoms. The van der Waals surface area contributed by atoms with E-state index in [4.69, 9.17) is 10.1 Å². The van der Waals surface area contributed by atoms with Crippen molar-refractivity contribution in [2.75, 3.05) is 13.2 Å². The lowest BCUT2D eigenvalue weighted by molar-refractivity contribution is 0.136. The Balaban J connectivity index is 1.36. The summed E-state index contributed by atoms with van der Waals surface area (Å²) in [6.45, 7) is 0.806. The average molecular weight is 337 g/mol. The molecule has 3 rings (SSSR count). The summed E-state index contributed by atoms with van der Waals surface area (Å²) in [6, 6.07) is -0.100. The van der Waals surface area contributed by atoms with Crippen molar-refractivity contribution >= 4 is 17.4 Å². The Hall–Kier alpha value is -1.14. The number of aliphatic hydroxyl groups is 1. The first-order chi connectivity index (χ1) is 11.2. The highest BCUT2D eigenvalue weighted by atomic mass is 32.1. The third kappa shape index (κ3) is 4.23. The number of rotatable bonds is 7. The molecule has 0 saturated heterocycles. The number of urea groups is 1. The van der Waals surface area contributed by atoms with Crippen LogP contribution in [0.15, 0.2) is 0 Å². The minimum absolute atomic E-state index is 0.100. The monoisotopic (exact) mass is 337 g/mol. The number of nitrogens with zero attached hydrogens (tertiary/aromatic N) is 1. The van der Waals surface area contributed by atoms with E-state index in [0.29, 0.717) is 13.0 Å². The molecule has 0 spiro atoms. The number of carbonyl (C=O) groups excluding carboxylic acids is 1. The number of aromatic nitrogens is 1. The van der Waals surface area contributed by atoms with Gasteiger partial charge in [-0.15, -0.1) is 11.3 Å². The largest absolute Gasteiger partial charge is 0.396 e. The molecule has 1 saturated carbocycles. The van der Waals surface area contributed by atoms with Gasteiger partial charge in [0.1, 0.15) is 0 Å². The minimum atomic E-state index is -0.160. The fourth-order valence-corrected chi connectivity index (χ4v) is 4.69. The van der Waals surface area contributed by atoms with Crippen LogP contribution in [-0.4, -0.2) is 34.8 Å². The van der Waals surface area contributed by atoms with Crippen LogP contribution in [0.4, 0.5) is 4.79 Å². The Bertz CT molecular complexity index is 516. The molecule has 1 aromatic rings. The Labute approximate surface area is 141 Å². The Morgan fingerprint density at radius 2 is 2.09 bits per heavy atom. The van der Waals surface area contributed by atoms with Gasteiger partial charge in [-0.2, -0.15) is 0 Å². The molecule has 0 unspecified atom stereocenters. The van der Waals surface area contributed by atoms with Gasteiger partial charge in [0.05, 0.1) is 10.7 Å². The molecule has 1 heterocycles. The molecule has 6 heteroatoms. The van der Waals surface area contributed by atoms with Crippen LogP contribution in [0, 0.1) is 0 Å². The maximum atomic E-state index is 12.0. The molecule has 128 valence electrons. The van der Waals surface area contributed by atoms with Crippen LogP contribution in [0.25, 0.3) is 0 Å². The quantitative estimate of drug-likeness (QED) is 0.670. The number of fused-ring (bicyclic) bond motifs is 1. The average Bonchev–Trinajstić information content (AvgIpc) is 2.92. The first kappa shape index (κ1) is 16.7. The van der Waals surface area contributed by atoms with Crippen LogP contribution in [0.1, 0.15) is 60.5 Å². The van der Waals surface area contributed by atoms with Crippen molar-refractivity contribution in [3.8, 4) is 0 Å². The highest BCUT2D eigenvalue weighted by molar-refractivity contribution is 7.11. The topological polar surface area (TPSA) is 74.2 Å². The molecular formula is C17H27N3O2S. The van der Waals surface area contributed by atoms with Gasteiger partial charge < -0.3 is 15.7 Å². The number of hydrogen-bond acceptors (Lipinski definition) is 4. The summed E-state index contributed by atoms with van der Waals surface area (Å²) in [5, 5.41) is 16.3. The van der Waals surface area contributed by atoms with Gasteiger partial charge in [-0.3, -0.25) is 0 Å². The van der Waals surface area contributed by atoms with Gasteiger partial charge in [0, 0.05) is 30.0 Å². The fraction of sp³-hybridized carbons (Fsp3) is 0.765. The highest BCUT2D eigenvalue weighted by Crippen LogP contribution is 2.34. The molecule has 1 fully saturated rings. The molecule has 2 amide bonds. The SMILES string of the molecule is O=C(NCCCc1nc2c(s1)CCCC2)NC1(CCO)CCC1. The first-order valence-corrected chi connectivity index (χ1v) is 9.67. The summed E-state index contributed by atoms with van der Waals surface area (Å²) in [4.78, 5) is 18.2. The number of aryl methyl sites for hydroxylation is 3. The predicted octanol–water partition coefficient (Wildman–Crippen LogP) is 2.56. The van der Waals surface area contributed by atoms with Gasteiger partial charge in [-0.25, -0.2) is 9.78 Å². The molecule has 0 aromatic carbocycles. The maximum absolute atomic E-state index is 12.0. The lowest BCUT2D eigenvalue weighted by atomic mass is 9.74. The van der Waals surface area contributed by atoms with E-state index in [9.17, 15) is 4.79 Å². The van der Waals surface area contributed by atoms with E-state index < -0.39 is 0 Å². The molecule has 2 aliphatic rings. The van der Waals surface area contributed by atoms with Gasteiger partial charge in [-0.05, 0) is 57.8 Å². The van der Waals surface area contributed by atoms with Crippen molar-refractivity contribution in [2.24, 2.45) is 0 Å². The van der Waals surface area contributed by atoms with E-state index in [-0.39, 0.29) is 18.2 Å². The van der Waals surface area contributed by atoms with Gasteiger partial charge in [0.25, 0.3) is 0 Å². The van der Waals surface area contributed by atoms with Gasteiger partial charge in [-0.1, -0.05) is 0 Å². The van der Waals surface area contributed by atoms with E-state index in [2.05, 4.69) is 10.6 Å². The van der Waals surface area contributed by atoms with E-state index in [1.807, 2.05) is 11.3 Å². The highest BCUT2D eigenvalue weighted by Gasteiger charge is 2.37. The van der Waals surface area contributed by atoms with E-state index in [1.165, 1.54) is 34.8 Å². The summed E-state index contributed by atoms with van der Waals surface area (Å²) in [5.74, 6) is 0. The van der Waals surface area contributed by atoms with Crippen molar-refractivity contribution in [3.63, 3.8) is 0 Å². The summed E-state index contributed by atoms with van der Waals surface area (Å²) in [6.07, 6.45) is 10.5. The van der Waals surface area contributed by atoms with Crippen LogP contribution in [0.5, 0.6) is 0 Å². The standard InChI is InChI=1S/C17H27N3O2S/c21-12-10-17(8-4-9-17)20-16(22)18-11-3-7-15-19-13-5-1-2-6-14(13)23-15/h21H,1-12H2,(H2,18,20,22). The van der Waals surface area contributed by atoms with Gasteiger partial charge >= 0.3 is 6.03 Å². The molecule has 2 aliphatic carbocycles. The maximum Gasteiger partial charge on any atom is 0.315 e. The summed E-state index contributed by atoms with van der Waals surface area (Å²) >= 11 is 1.86.